The van der Waals surface area contributed by atoms with E-state index in [2.05, 4.69) is 52.9 Å². The van der Waals surface area contributed by atoms with Gasteiger partial charge in [-0.1, -0.05) is 166 Å². The van der Waals surface area contributed by atoms with E-state index in [1.807, 2.05) is 77.0 Å². The van der Waals surface area contributed by atoms with E-state index in [0.717, 1.165) is 16.7 Å². The molecule has 3 aromatic carbocycles. The number of rotatable bonds is 15. The fourth-order valence-corrected chi connectivity index (χ4v) is 19.3. The van der Waals surface area contributed by atoms with Gasteiger partial charge in [-0.15, -0.1) is 0 Å². The SMILES string of the molecule is C=CC(=O)N1CCN(c2c(C#N)c(=O)n(-c3c(C)ccnc3C(C)C)c3nc(-c4c(C)c(Cl)c(F)c(Cl)c4N)c(Cl)cc23)CC1.C=CC(=O)N1CCN(c2c(C#N)c(=O)n(-c3c(C)ccnc3C(C)C)c3nc(-c4c(C)c(Cl)c(F)c(Cl)c4N)c(Cl)cc23)CC1.C=CC(=O)N1CCN(c2c(C#N)c(=O)n(-c3c(C)ccnc3C(C)C)c3nc(-c4c(C)c(Cl)c(F)c(Cl)c4N)c(Cl)cc23)CC1. The van der Waals surface area contributed by atoms with Crippen molar-refractivity contribution in [2.24, 2.45) is 0 Å². The monoisotopic (exact) mass is 2000 g/mol. The largest absolute Gasteiger partial charge is 0.397 e. The minimum absolute atomic E-state index is 0.0955. The molecule has 9 aromatic heterocycles. The Bertz CT molecular complexity index is 6630. The van der Waals surface area contributed by atoms with Crippen molar-refractivity contribution < 1.29 is 27.6 Å². The molecule has 135 heavy (non-hydrogen) atoms. The number of carbonyl (C=O) groups excluding carboxylic acids is 3. The lowest BCUT2D eigenvalue weighted by Gasteiger charge is -2.36. The fraction of sp³-hybridized carbons (Fsp3) is 0.281. The molecule has 0 unspecified atom stereocenters. The van der Waals surface area contributed by atoms with E-state index < -0.39 is 34.1 Å². The number of hydrogen-bond acceptors (Lipinski definition) is 21. The maximum Gasteiger partial charge on any atom is 0.276 e. The van der Waals surface area contributed by atoms with Crippen LogP contribution in [0.1, 0.15) is 126 Å². The summed E-state index contributed by atoms with van der Waals surface area (Å²) in [5.74, 6) is -3.51. The van der Waals surface area contributed by atoms with E-state index in [1.54, 1.807) is 90.5 Å². The lowest BCUT2D eigenvalue weighted by molar-refractivity contribution is -0.127. The van der Waals surface area contributed by atoms with Crippen molar-refractivity contribution in [3.63, 3.8) is 0 Å². The number of aryl methyl sites for hydroxylation is 3. The summed E-state index contributed by atoms with van der Waals surface area (Å²) in [6.07, 6.45) is 8.74. The molecule has 3 fully saturated rings. The molecule has 3 amide bonds. The van der Waals surface area contributed by atoms with E-state index in [-0.39, 0.29) is 182 Å². The summed E-state index contributed by atoms with van der Waals surface area (Å²) in [5, 5.41) is 31.0. The van der Waals surface area contributed by atoms with Crippen molar-refractivity contribution in [2.75, 3.05) is 110 Å². The standard InChI is InChI=1S/3C32H29Cl3FN7O2/c3*1-6-21(44)41-9-11-42(12-10-41)30-18-13-20(33)28(22-17(5)23(34)25(36)24(35)26(22)38)40-31(18)43(32(45)19(30)14-37)29-16(4)7-8-39-27(29)15(2)3/h3*6-8,13,15H,1,9-12,38H2,2-5H3. The summed E-state index contributed by atoms with van der Waals surface area (Å²) in [6.45, 7) is 36.7. The molecule has 0 radical (unpaired) electrons. The lowest BCUT2D eigenvalue weighted by atomic mass is 10.00. The molecule has 15 rings (SSSR count). The average molecular weight is 2010 g/mol. The van der Waals surface area contributed by atoms with Crippen LogP contribution >= 0.6 is 104 Å². The zero-order valence-corrected chi connectivity index (χ0v) is 81.8. The zero-order chi connectivity index (χ0) is 98.7. The van der Waals surface area contributed by atoms with Gasteiger partial charge in [0.2, 0.25) is 17.7 Å². The maximum atomic E-state index is 14.7. The van der Waals surface area contributed by atoms with Crippen LogP contribution in [0.4, 0.5) is 47.3 Å². The number of hydrogen-bond donors (Lipinski definition) is 3. The van der Waals surface area contributed by atoms with Gasteiger partial charge in [0, 0.05) is 130 Å². The fourth-order valence-electron chi connectivity index (χ4n) is 17.3. The molecule has 6 N–H and O–H groups in total. The average Bonchev–Trinajstić information content (AvgIpc) is 0.728. The van der Waals surface area contributed by atoms with Crippen LogP contribution in [0.5, 0.6) is 0 Å². The summed E-state index contributed by atoms with van der Waals surface area (Å²) < 4.78 is 48.3. The molecule has 12 heterocycles. The van der Waals surface area contributed by atoms with Gasteiger partial charge in [-0.25, -0.2) is 28.1 Å². The molecule has 27 nitrogen and oxygen atoms in total. The Labute approximate surface area is 819 Å². The predicted molar refractivity (Wildman–Crippen MR) is 532 cm³/mol. The van der Waals surface area contributed by atoms with Crippen LogP contribution in [-0.4, -0.2) is 155 Å². The molecule has 12 aromatic rings. The van der Waals surface area contributed by atoms with Crippen LogP contribution in [0.25, 0.3) is 83.9 Å². The van der Waals surface area contributed by atoms with Crippen LogP contribution in [-0.2, 0) is 14.4 Å². The zero-order valence-electron chi connectivity index (χ0n) is 75.0. The third kappa shape index (κ3) is 17.9. The van der Waals surface area contributed by atoms with Gasteiger partial charge in [-0.3, -0.25) is 57.4 Å². The van der Waals surface area contributed by atoms with Crippen molar-refractivity contribution in [3.8, 4) is 69.0 Å². The Morgan fingerprint density at radius 3 is 0.807 bits per heavy atom. The van der Waals surface area contributed by atoms with Gasteiger partial charge in [0.15, 0.2) is 17.5 Å². The highest BCUT2D eigenvalue weighted by Gasteiger charge is 2.37. The summed E-state index contributed by atoms with van der Waals surface area (Å²) in [4.78, 5) is 119. The van der Waals surface area contributed by atoms with Gasteiger partial charge in [-0.2, -0.15) is 15.8 Å². The van der Waals surface area contributed by atoms with Gasteiger partial charge >= 0.3 is 0 Å². The minimum Gasteiger partial charge on any atom is -0.397 e. The number of nitrogen functional groups attached to an aromatic ring is 3. The summed E-state index contributed by atoms with van der Waals surface area (Å²) >= 11 is 58.3. The van der Waals surface area contributed by atoms with E-state index in [9.17, 15) is 57.7 Å². The Kier molecular flexibility index (Phi) is 29.8. The van der Waals surface area contributed by atoms with Crippen LogP contribution in [0.15, 0.2) is 107 Å². The molecule has 3 saturated heterocycles. The summed E-state index contributed by atoms with van der Waals surface area (Å²) in [7, 11) is 0. The Morgan fingerprint density at radius 1 is 0.385 bits per heavy atom. The second-order valence-electron chi connectivity index (χ2n) is 33.2. The summed E-state index contributed by atoms with van der Waals surface area (Å²) in [6, 6.07) is 16.5. The van der Waals surface area contributed by atoms with Gasteiger partial charge in [-0.05, 0) is 147 Å². The predicted octanol–water partition coefficient (Wildman–Crippen LogP) is 19.7. The Hall–Kier alpha value is -12.5. The number of fused-ring (bicyclic) bond motifs is 3. The first-order chi connectivity index (χ1) is 64.0. The number of carbonyl (C=O) groups is 3. The molecule has 0 bridgehead atoms. The van der Waals surface area contributed by atoms with Crippen molar-refractivity contribution in [1.82, 2.24) is 58.3 Å². The van der Waals surface area contributed by atoms with Crippen LogP contribution in [0.3, 0.4) is 0 Å². The third-order valence-corrected chi connectivity index (χ3v) is 27.4. The first-order valence-electron chi connectivity index (χ1n) is 42.2. The number of nitrogens with two attached hydrogens (primary N) is 3. The molecule has 3 aliphatic heterocycles. The molecule has 0 aliphatic carbocycles. The number of nitrogens with zero attached hydrogens (tertiary/aromatic N) is 18. The summed E-state index contributed by atoms with van der Waals surface area (Å²) in [5.41, 5.74) is 25.2. The number of amides is 3. The topological polar surface area (TPSA) is 363 Å². The minimum atomic E-state index is -0.867. The second-order valence-corrected chi connectivity index (χ2v) is 36.7. The van der Waals surface area contributed by atoms with Gasteiger partial charge in [0.05, 0.1) is 115 Å². The van der Waals surface area contributed by atoms with Crippen molar-refractivity contribution in [3.05, 3.63) is 254 Å². The smallest absolute Gasteiger partial charge is 0.276 e. The van der Waals surface area contributed by atoms with Crippen molar-refractivity contribution >= 4 is 189 Å². The molecule has 39 heteroatoms. The molecular weight excluding hydrogens is 1920 g/mol. The molecule has 0 atom stereocenters. The molecule has 696 valence electrons. The van der Waals surface area contributed by atoms with E-state index in [0.29, 0.717) is 146 Å². The quantitative estimate of drug-likeness (QED) is 0.0487. The normalized spacial score (nSPS) is 13.4. The Morgan fingerprint density at radius 2 is 0.607 bits per heavy atom. The number of aromatic nitrogens is 9. The number of piperazine rings is 3. The number of halogens is 12. The molecule has 0 saturated carbocycles. The van der Waals surface area contributed by atoms with Crippen LogP contribution in [0, 0.1) is 93.0 Å². The number of nitriles is 3. The molecular formula is C96H87Cl9F3N21O6. The van der Waals surface area contributed by atoms with Crippen molar-refractivity contribution in [2.45, 2.75) is 101 Å². The van der Waals surface area contributed by atoms with Gasteiger partial charge in [0.25, 0.3) is 16.7 Å². The Balaban J connectivity index is 0.000000171. The highest BCUT2D eigenvalue weighted by molar-refractivity contribution is 6.41. The lowest BCUT2D eigenvalue weighted by Crippen LogP contribution is -2.49. The number of pyridine rings is 9. The van der Waals surface area contributed by atoms with E-state index >= 15 is 0 Å². The highest BCUT2D eigenvalue weighted by Crippen LogP contribution is 2.50. The van der Waals surface area contributed by atoms with E-state index in [1.165, 1.54) is 31.9 Å². The second kappa shape index (κ2) is 40.2. The van der Waals surface area contributed by atoms with E-state index in [4.69, 9.17) is 137 Å². The molecule has 3 aliphatic rings. The van der Waals surface area contributed by atoms with Crippen LogP contribution in [0.2, 0.25) is 45.2 Å². The third-order valence-electron chi connectivity index (χ3n) is 24.1. The first kappa shape index (κ1) is 100.0. The highest BCUT2D eigenvalue weighted by atomic mass is 35.5. The molecule has 0 spiro atoms. The maximum absolute atomic E-state index is 14.7. The van der Waals surface area contributed by atoms with Gasteiger partial charge in [0.1, 0.15) is 66.9 Å². The first-order valence-corrected chi connectivity index (χ1v) is 45.6. The number of benzene rings is 3. The van der Waals surface area contributed by atoms with Gasteiger partial charge < -0.3 is 46.6 Å². The van der Waals surface area contributed by atoms with Crippen molar-refractivity contribution in [1.29, 1.82) is 15.8 Å². The number of anilines is 6. The van der Waals surface area contributed by atoms with Crippen LogP contribution < -0.4 is 48.6 Å².